The fourth-order valence-electron chi connectivity index (χ4n) is 0.701. The van der Waals surface area contributed by atoms with Crippen LogP contribution in [0.25, 0.3) is 0 Å². The molecule has 0 fully saturated rings. The summed E-state index contributed by atoms with van der Waals surface area (Å²) in [5.74, 6) is 0. The molecule has 1 aromatic heterocycles. The molecule has 4 nitrogen and oxygen atoms in total. The fraction of sp³-hybridized carbons (Fsp3) is 0.167. The molecule has 1 heterocycles. The lowest BCUT2D eigenvalue weighted by atomic mass is 10.3. The highest BCUT2D eigenvalue weighted by atomic mass is 32.2. The Morgan fingerprint density at radius 3 is 2.14 bits per heavy atom. The average Bonchev–Trinajstić information content (AvgIpc) is 2.01. The summed E-state index contributed by atoms with van der Waals surface area (Å²) in [6, 6.07) is 1.11. The lowest BCUT2D eigenvalue weighted by Gasteiger charge is -2.05. The van der Waals surface area contributed by atoms with Crippen LogP contribution < -0.4 is 0 Å². The summed E-state index contributed by atoms with van der Waals surface area (Å²) in [6.07, 6.45) is -4.24. The first-order chi connectivity index (χ1) is 6.21. The third-order valence-electron chi connectivity index (χ3n) is 1.33. The van der Waals surface area contributed by atoms with Crippen molar-refractivity contribution in [1.29, 1.82) is 0 Å². The minimum Gasteiger partial charge on any atom is -0.281 e. The Balaban J connectivity index is 3.14. The molecule has 1 rings (SSSR count). The number of pyridine rings is 1. The Labute approximate surface area is 77.1 Å². The van der Waals surface area contributed by atoms with E-state index in [9.17, 15) is 21.6 Å². The smallest absolute Gasteiger partial charge is 0.281 e. The highest BCUT2D eigenvalue weighted by Crippen LogP contribution is 2.28. The molecule has 0 bridgehead atoms. The Morgan fingerprint density at radius 1 is 1.29 bits per heavy atom. The van der Waals surface area contributed by atoms with Gasteiger partial charge in [0.15, 0.2) is 5.03 Å². The topological polar surface area (TPSA) is 67.3 Å². The normalized spacial score (nSPS) is 12.9. The molecule has 0 saturated heterocycles. The van der Waals surface area contributed by atoms with Gasteiger partial charge >= 0.3 is 16.3 Å². The molecule has 78 valence electrons. The highest BCUT2D eigenvalue weighted by molar-refractivity contribution is 7.85. The molecule has 0 amide bonds. The summed E-state index contributed by atoms with van der Waals surface area (Å²) in [6.45, 7) is 0. The molecular formula is C6H4F3NO3S. The molecule has 0 atom stereocenters. The van der Waals surface area contributed by atoms with Gasteiger partial charge < -0.3 is 0 Å². The Kier molecular flexibility index (Phi) is 2.50. The van der Waals surface area contributed by atoms with E-state index in [4.69, 9.17) is 4.55 Å². The van der Waals surface area contributed by atoms with Gasteiger partial charge in [-0.15, -0.1) is 0 Å². The van der Waals surface area contributed by atoms with Crippen molar-refractivity contribution in [2.45, 2.75) is 11.2 Å². The van der Waals surface area contributed by atoms with E-state index in [1.54, 1.807) is 0 Å². The largest absolute Gasteiger partial charge is 0.417 e. The van der Waals surface area contributed by atoms with E-state index in [1.807, 2.05) is 0 Å². The van der Waals surface area contributed by atoms with Gasteiger partial charge in [-0.05, 0) is 12.1 Å². The Morgan fingerprint density at radius 2 is 1.86 bits per heavy atom. The maximum atomic E-state index is 12.0. The van der Waals surface area contributed by atoms with E-state index in [0.29, 0.717) is 18.3 Å². The number of hydrogen-bond donors (Lipinski definition) is 1. The zero-order valence-corrected chi connectivity index (χ0v) is 7.30. The van der Waals surface area contributed by atoms with E-state index in [1.165, 1.54) is 0 Å². The standard InChI is InChI=1S/C6H4F3NO3S/c7-6(8,9)4-1-2-5(10-3-4)14(11,12)13/h1-3H,(H,11,12,13). The van der Waals surface area contributed by atoms with Crippen LogP contribution in [-0.4, -0.2) is 18.0 Å². The van der Waals surface area contributed by atoms with Crippen LogP contribution in [0.3, 0.4) is 0 Å². The van der Waals surface area contributed by atoms with Gasteiger partial charge in [-0.1, -0.05) is 0 Å². The zero-order chi connectivity index (χ0) is 11.0. The summed E-state index contributed by atoms with van der Waals surface area (Å²) >= 11 is 0. The second kappa shape index (κ2) is 3.21. The monoisotopic (exact) mass is 227 g/mol. The molecule has 1 N–H and O–H groups in total. The van der Waals surface area contributed by atoms with Crippen LogP contribution in [0.1, 0.15) is 5.56 Å². The molecule has 14 heavy (non-hydrogen) atoms. The van der Waals surface area contributed by atoms with Gasteiger partial charge in [0.1, 0.15) is 0 Å². The molecular weight excluding hydrogens is 223 g/mol. The van der Waals surface area contributed by atoms with Crippen molar-refractivity contribution in [2.24, 2.45) is 0 Å². The van der Waals surface area contributed by atoms with E-state index < -0.39 is 26.9 Å². The Hall–Kier alpha value is -1.15. The molecule has 0 aliphatic carbocycles. The molecule has 8 heteroatoms. The molecule has 0 unspecified atom stereocenters. The summed E-state index contributed by atoms with van der Waals surface area (Å²) in [5, 5.41) is -0.814. The van der Waals surface area contributed by atoms with Gasteiger partial charge in [-0.3, -0.25) is 4.55 Å². The first kappa shape index (κ1) is 10.9. The van der Waals surface area contributed by atoms with E-state index in [2.05, 4.69) is 4.98 Å². The maximum absolute atomic E-state index is 12.0. The molecule has 1 aromatic rings. The summed E-state index contributed by atoms with van der Waals surface area (Å²) < 4.78 is 65.1. The number of aromatic nitrogens is 1. The van der Waals surface area contributed by atoms with Crippen molar-refractivity contribution < 1.29 is 26.1 Å². The van der Waals surface area contributed by atoms with Gasteiger partial charge in [0.25, 0.3) is 0 Å². The molecule has 0 saturated carbocycles. The third-order valence-corrected chi connectivity index (χ3v) is 2.10. The lowest BCUT2D eigenvalue weighted by molar-refractivity contribution is -0.137. The van der Waals surface area contributed by atoms with Crippen LogP contribution in [-0.2, 0) is 16.3 Å². The van der Waals surface area contributed by atoms with Crippen molar-refractivity contribution >= 4 is 10.1 Å². The maximum Gasteiger partial charge on any atom is 0.417 e. The first-order valence-corrected chi connectivity index (χ1v) is 4.66. The SMILES string of the molecule is O=S(=O)(O)c1ccc(C(F)(F)F)cn1. The summed E-state index contributed by atoms with van der Waals surface area (Å²) in [7, 11) is -4.54. The quantitative estimate of drug-likeness (QED) is 0.735. The lowest BCUT2D eigenvalue weighted by Crippen LogP contribution is -2.07. The van der Waals surface area contributed by atoms with Crippen molar-refractivity contribution in [3.8, 4) is 0 Å². The van der Waals surface area contributed by atoms with Gasteiger partial charge in [-0.25, -0.2) is 4.98 Å². The van der Waals surface area contributed by atoms with E-state index in [-0.39, 0.29) is 0 Å². The molecule has 0 spiro atoms. The van der Waals surface area contributed by atoms with Gasteiger partial charge in [0.05, 0.1) is 5.56 Å². The minimum atomic E-state index is -4.58. The van der Waals surface area contributed by atoms with Crippen molar-refractivity contribution in [3.63, 3.8) is 0 Å². The van der Waals surface area contributed by atoms with Crippen LogP contribution in [0.4, 0.5) is 13.2 Å². The van der Waals surface area contributed by atoms with Crippen molar-refractivity contribution in [1.82, 2.24) is 4.98 Å². The van der Waals surface area contributed by atoms with Crippen LogP contribution in [0, 0.1) is 0 Å². The molecule has 0 aromatic carbocycles. The van der Waals surface area contributed by atoms with Crippen molar-refractivity contribution in [3.05, 3.63) is 23.9 Å². The minimum absolute atomic E-state index is 0.336. The Bertz CT molecular complexity index is 423. The highest BCUT2D eigenvalue weighted by Gasteiger charge is 2.31. The van der Waals surface area contributed by atoms with Gasteiger partial charge in [0.2, 0.25) is 0 Å². The zero-order valence-electron chi connectivity index (χ0n) is 6.49. The number of alkyl halides is 3. The van der Waals surface area contributed by atoms with Crippen LogP contribution in [0.15, 0.2) is 23.4 Å². The van der Waals surface area contributed by atoms with E-state index >= 15 is 0 Å². The predicted molar refractivity (Wildman–Crippen MR) is 39.1 cm³/mol. The fourth-order valence-corrected chi connectivity index (χ4v) is 1.13. The van der Waals surface area contributed by atoms with Gasteiger partial charge in [0, 0.05) is 6.20 Å². The molecule has 0 aliphatic rings. The predicted octanol–water partition coefficient (Wildman–Crippen LogP) is 1.35. The summed E-state index contributed by atoms with van der Waals surface area (Å²) in [5.41, 5.74) is -1.08. The average molecular weight is 227 g/mol. The number of rotatable bonds is 1. The number of hydrogen-bond acceptors (Lipinski definition) is 3. The third kappa shape index (κ3) is 2.42. The second-order valence-corrected chi connectivity index (χ2v) is 3.73. The molecule has 0 radical (unpaired) electrons. The first-order valence-electron chi connectivity index (χ1n) is 3.22. The van der Waals surface area contributed by atoms with Crippen LogP contribution in [0.5, 0.6) is 0 Å². The number of nitrogens with zero attached hydrogens (tertiary/aromatic N) is 1. The van der Waals surface area contributed by atoms with Crippen LogP contribution >= 0.6 is 0 Å². The number of halogens is 3. The summed E-state index contributed by atoms with van der Waals surface area (Å²) in [4.78, 5) is 2.96. The second-order valence-electron chi connectivity index (χ2n) is 2.36. The van der Waals surface area contributed by atoms with Crippen LogP contribution in [0.2, 0.25) is 0 Å². The van der Waals surface area contributed by atoms with E-state index in [0.717, 1.165) is 0 Å². The molecule has 0 aliphatic heterocycles. The van der Waals surface area contributed by atoms with Crippen molar-refractivity contribution in [2.75, 3.05) is 0 Å². The van der Waals surface area contributed by atoms with Gasteiger partial charge in [-0.2, -0.15) is 21.6 Å².